The topological polar surface area (TPSA) is 72.8 Å². The highest BCUT2D eigenvalue weighted by atomic mass is 32.3. The van der Waals surface area contributed by atoms with E-state index in [1.165, 1.54) is 51.4 Å². The molecular weight excluding hydrogens is 280 g/mol. The van der Waals surface area contributed by atoms with Gasteiger partial charge in [-0.1, -0.05) is 64.7 Å². The Balaban J connectivity index is 3.03. The Hall–Kier alpha value is -0.170. The molecule has 0 fully saturated rings. The van der Waals surface area contributed by atoms with Gasteiger partial charge in [0.2, 0.25) is 0 Å². The van der Waals surface area contributed by atoms with Crippen LogP contribution < -0.4 is 0 Å². The molecule has 0 aliphatic rings. The first-order chi connectivity index (χ1) is 9.56. The molecule has 122 valence electrons. The van der Waals surface area contributed by atoms with Crippen molar-refractivity contribution in [2.24, 2.45) is 0 Å². The van der Waals surface area contributed by atoms with Crippen LogP contribution in [0.2, 0.25) is 0 Å². The summed E-state index contributed by atoms with van der Waals surface area (Å²) < 4.78 is 38.1. The average molecular weight is 310 g/mol. The number of hydrogen-bond donors (Lipinski definition) is 1. The van der Waals surface area contributed by atoms with Gasteiger partial charge >= 0.3 is 10.4 Å². The molecule has 0 rings (SSSR count). The lowest BCUT2D eigenvalue weighted by atomic mass is 10.1. The van der Waals surface area contributed by atoms with E-state index < -0.39 is 10.4 Å². The zero-order chi connectivity index (χ0) is 15.1. The summed E-state index contributed by atoms with van der Waals surface area (Å²) in [6.07, 6.45) is 12.7. The fourth-order valence-electron chi connectivity index (χ4n) is 1.99. The van der Waals surface area contributed by atoms with Gasteiger partial charge in [0.15, 0.2) is 0 Å². The Bertz CT molecular complexity index is 290. The van der Waals surface area contributed by atoms with Gasteiger partial charge in [-0.15, -0.1) is 0 Å². The zero-order valence-corrected chi connectivity index (χ0v) is 13.5. The van der Waals surface area contributed by atoms with E-state index in [1.807, 2.05) is 0 Å². The number of hydrogen-bond acceptors (Lipinski definition) is 4. The van der Waals surface area contributed by atoms with Crippen molar-refractivity contribution >= 4 is 10.4 Å². The van der Waals surface area contributed by atoms with E-state index in [-0.39, 0.29) is 13.2 Å². The van der Waals surface area contributed by atoms with E-state index in [4.69, 9.17) is 9.29 Å². The molecule has 0 aromatic heterocycles. The summed E-state index contributed by atoms with van der Waals surface area (Å²) in [5.74, 6) is 0. The molecule has 0 spiro atoms. The molecular formula is C14H30O5S. The summed E-state index contributed by atoms with van der Waals surface area (Å²) in [5, 5.41) is 0. The maximum atomic E-state index is 10.2. The first kappa shape index (κ1) is 19.8. The number of rotatable bonds is 15. The van der Waals surface area contributed by atoms with E-state index >= 15 is 0 Å². The van der Waals surface area contributed by atoms with Crippen molar-refractivity contribution in [3.05, 3.63) is 0 Å². The fourth-order valence-corrected chi connectivity index (χ4v) is 2.27. The Morgan fingerprint density at radius 1 is 0.750 bits per heavy atom. The number of ether oxygens (including phenoxy) is 1. The SMILES string of the molecule is CCCCCCCCCCCCOCCOS(=O)(=O)O. The summed E-state index contributed by atoms with van der Waals surface area (Å²) in [6.45, 7) is 2.91. The summed E-state index contributed by atoms with van der Waals surface area (Å²) >= 11 is 0. The highest BCUT2D eigenvalue weighted by Gasteiger charge is 2.02. The molecule has 0 aliphatic heterocycles. The van der Waals surface area contributed by atoms with Crippen LogP contribution in [0.1, 0.15) is 71.1 Å². The lowest BCUT2D eigenvalue weighted by molar-refractivity contribution is 0.0945. The summed E-state index contributed by atoms with van der Waals surface area (Å²) in [4.78, 5) is 0. The van der Waals surface area contributed by atoms with Crippen molar-refractivity contribution in [1.29, 1.82) is 0 Å². The monoisotopic (exact) mass is 310 g/mol. The summed E-state index contributed by atoms with van der Waals surface area (Å²) in [7, 11) is -4.32. The molecule has 0 bridgehead atoms. The molecule has 0 aromatic rings. The van der Waals surface area contributed by atoms with E-state index in [2.05, 4.69) is 11.1 Å². The molecule has 20 heavy (non-hydrogen) atoms. The van der Waals surface area contributed by atoms with E-state index in [1.54, 1.807) is 0 Å². The van der Waals surface area contributed by atoms with Gasteiger partial charge in [0, 0.05) is 6.61 Å². The Labute approximate surface area is 124 Å². The lowest BCUT2D eigenvalue weighted by Crippen LogP contribution is -2.10. The van der Waals surface area contributed by atoms with Crippen molar-refractivity contribution in [3.63, 3.8) is 0 Å². The van der Waals surface area contributed by atoms with Gasteiger partial charge in [0.05, 0.1) is 13.2 Å². The highest BCUT2D eigenvalue weighted by Crippen LogP contribution is 2.10. The van der Waals surface area contributed by atoms with Crippen molar-refractivity contribution in [2.45, 2.75) is 71.1 Å². The summed E-state index contributed by atoms with van der Waals surface area (Å²) in [6, 6.07) is 0. The van der Waals surface area contributed by atoms with Crippen LogP contribution in [0, 0.1) is 0 Å². The Morgan fingerprint density at radius 2 is 1.25 bits per heavy atom. The first-order valence-electron chi connectivity index (χ1n) is 7.76. The van der Waals surface area contributed by atoms with E-state index in [9.17, 15) is 8.42 Å². The van der Waals surface area contributed by atoms with Crippen molar-refractivity contribution in [3.8, 4) is 0 Å². The van der Waals surface area contributed by atoms with Crippen LogP contribution in [0.15, 0.2) is 0 Å². The second-order valence-corrected chi connectivity index (χ2v) is 6.14. The second kappa shape index (κ2) is 13.8. The highest BCUT2D eigenvalue weighted by molar-refractivity contribution is 7.80. The molecule has 0 aromatic carbocycles. The first-order valence-corrected chi connectivity index (χ1v) is 9.12. The maximum absolute atomic E-state index is 10.2. The van der Waals surface area contributed by atoms with Crippen LogP contribution in [0.5, 0.6) is 0 Å². The van der Waals surface area contributed by atoms with E-state index in [0.29, 0.717) is 6.61 Å². The fraction of sp³-hybridized carbons (Fsp3) is 1.00. The quantitative estimate of drug-likeness (QED) is 0.368. The Kier molecular flexibility index (Phi) is 13.7. The largest absolute Gasteiger partial charge is 0.397 e. The molecule has 0 aliphatic carbocycles. The molecule has 0 radical (unpaired) electrons. The van der Waals surface area contributed by atoms with Crippen LogP contribution in [-0.4, -0.2) is 32.8 Å². The van der Waals surface area contributed by atoms with Gasteiger partial charge in [0.1, 0.15) is 0 Å². The third kappa shape index (κ3) is 17.8. The minimum Gasteiger partial charge on any atom is -0.379 e. The van der Waals surface area contributed by atoms with Crippen LogP contribution in [0.4, 0.5) is 0 Å². The van der Waals surface area contributed by atoms with Gasteiger partial charge < -0.3 is 4.74 Å². The summed E-state index contributed by atoms with van der Waals surface area (Å²) in [5.41, 5.74) is 0. The molecule has 0 heterocycles. The van der Waals surface area contributed by atoms with Gasteiger partial charge in [0.25, 0.3) is 0 Å². The third-order valence-electron chi connectivity index (χ3n) is 3.10. The van der Waals surface area contributed by atoms with Crippen molar-refractivity contribution in [1.82, 2.24) is 0 Å². The molecule has 1 N–H and O–H groups in total. The average Bonchev–Trinajstić information content (AvgIpc) is 2.38. The molecule has 0 unspecified atom stereocenters. The van der Waals surface area contributed by atoms with Crippen LogP contribution >= 0.6 is 0 Å². The normalized spacial score (nSPS) is 11.9. The molecule has 0 saturated heterocycles. The van der Waals surface area contributed by atoms with Gasteiger partial charge in [-0.05, 0) is 6.42 Å². The van der Waals surface area contributed by atoms with E-state index in [0.717, 1.165) is 12.8 Å². The standard InChI is InChI=1S/C14H30O5S/c1-2-3-4-5-6-7-8-9-10-11-12-18-13-14-19-20(15,16)17/h2-14H2,1H3,(H,15,16,17). The van der Waals surface area contributed by atoms with Crippen LogP contribution in [-0.2, 0) is 19.3 Å². The van der Waals surface area contributed by atoms with Gasteiger partial charge in [-0.2, -0.15) is 8.42 Å². The molecule has 0 atom stereocenters. The molecule has 5 nitrogen and oxygen atoms in total. The molecule has 0 amide bonds. The second-order valence-electron chi connectivity index (χ2n) is 5.04. The minimum absolute atomic E-state index is 0.128. The zero-order valence-electron chi connectivity index (χ0n) is 12.7. The smallest absolute Gasteiger partial charge is 0.379 e. The van der Waals surface area contributed by atoms with Crippen LogP contribution in [0.3, 0.4) is 0 Å². The van der Waals surface area contributed by atoms with Gasteiger partial charge in [-0.3, -0.25) is 4.55 Å². The maximum Gasteiger partial charge on any atom is 0.397 e. The van der Waals surface area contributed by atoms with Gasteiger partial charge in [-0.25, -0.2) is 4.18 Å². The predicted octanol–water partition coefficient (Wildman–Crippen LogP) is 3.74. The lowest BCUT2D eigenvalue weighted by Gasteiger charge is -2.04. The predicted molar refractivity (Wildman–Crippen MR) is 80.2 cm³/mol. The molecule has 6 heteroatoms. The minimum atomic E-state index is -4.32. The Morgan fingerprint density at radius 3 is 1.75 bits per heavy atom. The third-order valence-corrected chi connectivity index (χ3v) is 3.57. The number of unbranched alkanes of at least 4 members (excludes halogenated alkanes) is 9. The van der Waals surface area contributed by atoms with Crippen molar-refractivity contribution < 1.29 is 21.9 Å². The van der Waals surface area contributed by atoms with Crippen LogP contribution in [0.25, 0.3) is 0 Å². The van der Waals surface area contributed by atoms with Crippen molar-refractivity contribution in [2.75, 3.05) is 19.8 Å². The molecule has 0 saturated carbocycles.